The zero-order valence-electron chi connectivity index (χ0n) is 7.05. The molecule has 1 heteroatoms. The SMILES string of the molecule is C=C/C=C(/C)OC=C.CC. The van der Waals surface area contributed by atoms with Crippen LogP contribution >= 0.6 is 0 Å². The third-order valence-corrected chi connectivity index (χ3v) is 0.622. The lowest BCUT2D eigenvalue weighted by Gasteiger charge is -1.93. The molecule has 0 saturated heterocycles. The van der Waals surface area contributed by atoms with E-state index in [0.29, 0.717) is 0 Å². The molecular weight excluding hydrogens is 124 g/mol. The van der Waals surface area contributed by atoms with Crippen molar-refractivity contribution in [1.29, 1.82) is 0 Å². The van der Waals surface area contributed by atoms with Crippen molar-refractivity contribution in [3.8, 4) is 0 Å². The van der Waals surface area contributed by atoms with Gasteiger partial charge in [-0.2, -0.15) is 0 Å². The minimum absolute atomic E-state index is 0.801. The molecule has 10 heavy (non-hydrogen) atoms. The second-order valence-corrected chi connectivity index (χ2v) is 1.30. The zero-order chi connectivity index (χ0) is 8.41. The Morgan fingerprint density at radius 2 is 1.80 bits per heavy atom. The van der Waals surface area contributed by atoms with Gasteiger partial charge in [0.05, 0.1) is 6.26 Å². The molecule has 0 aliphatic carbocycles. The summed E-state index contributed by atoms with van der Waals surface area (Å²) in [6.07, 6.45) is 4.82. The lowest BCUT2D eigenvalue weighted by Crippen LogP contribution is -1.73. The molecule has 0 bridgehead atoms. The van der Waals surface area contributed by atoms with Crippen LogP contribution in [0.15, 0.2) is 37.3 Å². The first-order chi connectivity index (χ1) is 4.81. The minimum Gasteiger partial charge on any atom is -0.470 e. The van der Waals surface area contributed by atoms with E-state index in [1.165, 1.54) is 6.26 Å². The molecule has 0 fully saturated rings. The van der Waals surface area contributed by atoms with E-state index in [-0.39, 0.29) is 0 Å². The van der Waals surface area contributed by atoms with Crippen molar-refractivity contribution in [2.24, 2.45) is 0 Å². The lowest BCUT2D eigenvalue weighted by molar-refractivity contribution is 0.355. The van der Waals surface area contributed by atoms with Gasteiger partial charge >= 0.3 is 0 Å². The number of ether oxygens (including phenoxy) is 1. The van der Waals surface area contributed by atoms with Crippen LogP contribution in [0.2, 0.25) is 0 Å². The van der Waals surface area contributed by atoms with Gasteiger partial charge in [-0.25, -0.2) is 0 Å². The molecule has 0 N–H and O–H groups in total. The summed E-state index contributed by atoms with van der Waals surface area (Å²) < 4.78 is 4.84. The highest BCUT2D eigenvalue weighted by molar-refractivity contribution is 5.02. The van der Waals surface area contributed by atoms with E-state index in [4.69, 9.17) is 4.74 Å². The highest BCUT2D eigenvalue weighted by atomic mass is 16.5. The third-order valence-electron chi connectivity index (χ3n) is 0.622. The molecule has 58 valence electrons. The molecule has 1 nitrogen and oxygen atoms in total. The maximum Gasteiger partial charge on any atom is 0.100 e. The van der Waals surface area contributed by atoms with Crippen molar-refractivity contribution in [1.82, 2.24) is 0 Å². The van der Waals surface area contributed by atoms with E-state index < -0.39 is 0 Å². The molecular formula is C9H16O. The summed E-state index contributed by atoms with van der Waals surface area (Å²) in [7, 11) is 0. The molecule has 0 aliphatic rings. The number of allylic oxidation sites excluding steroid dienone is 3. The Morgan fingerprint density at radius 3 is 2.10 bits per heavy atom. The Morgan fingerprint density at radius 1 is 1.30 bits per heavy atom. The maximum absolute atomic E-state index is 4.84. The fourth-order valence-electron chi connectivity index (χ4n) is 0.337. The van der Waals surface area contributed by atoms with Crippen molar-refractivity contribution in [2.45, 2.75) is 20.8 Å². The highest BCUT2D eigenvalue weighted by Gasteiger charge is 1.76. The van der Waals surface area contributed by atoms with Crippen LogP contribution in [0.25, 0.3) is 0 Å². The van der Waals surface area contributed by atoms with Gasteiger partial charge in [-0.3, -0.25) is 0 Å². The van der Waals surface area contributed by atoms with Crippen LogP contribution in [0.5, 0.6) is 0 Å². The van der Waals surface area contributed by atoms with Gasteiger partial charge in [0.2, 0.25) is 0 Å². The number of hydrogen-bond acceptors (Lipinski definition) is 1. The normalized spacial score (nSPS) is 8.90. The number of hydrogen-bond donors (Lipinski definition) is 0. The molecule has 0 amide bonds. The van der Waals surface area contributed by atoms with Crippen molar-refractivity contribution >= 4 is 0 Å². The van der Waals surface area contributed by atoms with E-state index in [0.717, 1.165) is 5.76 Å². The van der Waals surface area contributed by atoms with Crippen LogP contribution in [0.1, 0.15) is 20.8 Å². The van der Waals surface area contributed by atoms with E-state index in [9.17, 15) is 0 Å². The van der Waals surface area contributed by atoms with Crippen LogP contribution in [-0.4, -0.2) is 0 Å². The van der Waals surface area contributed by atoms with Crippen molar-refractivity contribution < 1.29 is 4.74 Å². The van der Waals surface area contributed by atoms with Crippen LogP contribution in [0.3, 0.4) is 0 Å². The Hall–Kier alpha value is -0.980. The summed E-state index contributed by atoms with van der Waals surface area (Å²) in [5, 5.41) is 0. The fourth-order valence-corrected chi connectivity index (χ4v) is 0.337. The Balaban J connectivity index is 0. The van der Waals surface area contributed by atoms with Gasteiger partial charge in [0.1, 0.15) is 5.76 Å². The molecule has 0 atom stereocenters. The molecule has 0 saturated carbocycles. The van der Waals surface area contributed by atoms with E-state index in [1.807, 2.05) is 20.8 Å². The molecule has 0 spiro atoms. The predicted octanol–water partition coefficient (Wildman–Crippen LogP) is 3.26. The Labute approximate surface area is 63.7 Å². The molecule has 0 aromatic rings. The second-order valence-electron chi connectivity index (χ2n) is 1.30. The topological polar surface area (TPSA) is 9.23 Å². The summed E-state index contributed by atoms with van der Waals surface area (Å²) in [6.45, 7) is 12.7. The van der Waals surface area contributed by atoms with Crippen LogP contribution < -0.4 is 0 Å². The second kappa shape index (κ2) is 10.9. The molecule has 0 radical (unpaired) electrons. The zero-order valence-corrected chi connectivity index (χ0v) is 7.05. The van der Waals surface area contributed by atoms with Crippen LogP contribution in [-0.2, 0) is 4.74 Å². The predicted molar refractivity (Wildman–Crippen MR) is 46.6 cm³/mol. The summed E-state index contributed by atoms with van der Waals surface area (Å²) in [4.78, 5) is 0. The lowest BCUT2D eigenvalue weighted by atomic mass is 10.5. The first kappa shape index (κ1) is 11.8. The minimum atomic E-state index is 0.801. The smallest absolute Gasteiger partial charge is 0.100 e. The van der Waals surface area contributed by atoms with Gasteiger partial charge in [0, 0.05) is 0 Å². The summed E-state index contributed by atoms with van der Waals surface area (Å²) in [6, 6.07) is 0. The molecule has 0 aromatic carbocycles. The maximum atomic E-state index is 4.84. The summed E-state index contributed by atoms with van der Waals surface area (Å²) >= 11 is 0. The molecule has 0 aliphatic heterocycles. The average Bonchev–Trinajstić information content (AvgIpc) is 1.93. The van der Waals surface area contributed by atoms with Crippen LogP contribution in [0.4, 0.5) is 0 Å². The van der Waals surface area contributed by atoms with Crippen molar-refractivity contribution in [3.63, 3.8) is 0 Å². The summed E-state index contributed by atoms with van der Waals surface area (Å²) in [5.74, 6) is 0.801. The van der Waals surface area contributed by atoms with E-state index >= 15 is 0 Å². The molecule has 0 heterocycles. The monoisotopic (exact) mass is 140 g/mol. The van der Waals surface area contributed by atoms with Crippen molar-refractivity contribution in [3.05, 3.63) is 37.3 Å². The van der Waals surface area contributed by atoms with E-state index in [1.54, 1.807) is 12.2 Å². The first-order valence-electron chi connectivity index (χ1n) is 3.38. The quantitative estimate of drug-likeness (QED) is 0.432. The first-order valence-corrected chi connectivity index (χ1v) is 3.38. The molecule has 0 unspecified atom stereocenters. The van der Waals surface area contributed by atoms with Crippen LogP contribution in [0, 0.1) is 0 Å². The van der Waals surface area contributed by atoms with Gasteiger partial charge in [-0.1, -0.05) is 33.1 Å². The van der Waals surface area contributed by atoms with Gasteiger partial charge < -0.3 is 4.74 Å². The average molecular weight is 140 g/mol. The standard InChI is InChI=1S/C7H10O.C2H6/c1-4-6-7(3)8-5-2;1-2/h4-6H,1-2H2,3H3;1-2H3/b7-6-;. The third kappa shape index (κ3) is 10.1. The molecule has 0 aromatic heterocycles. The fraction of sp³-hybridized carbons (Fsp3) is 0.333. The summed E-state index contributed by atoms with van der Waals surface area (Å²) in [5.41, 5.74) is 0. The largest absolute Gasteiger partial charge is 0.470 e. The van der Waals surface area contributed by atoms with Gasteiger partial charge in [0.25, 0.3) is 0 Å². The Kier molecular flexibility index (Phi) is 12.8. The molecule has 0 rings (SSSR count). The highest BCUT2D eigenvalue weighted by Crippen LogP contribution is 1.93. The Bertz CT molecular complexity index is 112. The van der Waals surface area contributed by atoms with Gasteiger partial charge in [0.15, 0.2) is 0 Å². The van der Waals surface area contributed by atoms with Crippen molar-refractivity contribution in [2.75, 3.05) is 0 Å². The number of rotatable bonds is 3. The van der Waals surface area contributed by atoms with Gasteiger partial charge in [-0.05, 0) is 13.0 Å². The van der Waals surface area contributed by atoms with Gasteiger partial charge in [-0.15, -0.1) is 0 Å². The van der Waals surface area contributed by atoms with E-state index in [2.05, 4.69) is 13.2 Å².